The average Bonchev–Trinajstić information content (AvgIpc) is 2.84. The second-order valence-electron chi connectivity index (χ2n) is 7.02. The summed E-state index contributed by atoms with van der Waals surface area (Å²) in [5, 5.41) is 14.7. The van der Waals surface area contributed by atoms with Gasteiger partial charge in [-0.2, -0.15) is 5.10 Å². The van der Waals surface area contributed by atoms with Gasteiger partial charge in [-0.05, 0) is 44.8 Å². The number of benzene rings is 3. The molecule has 0 radical (unpaired) electrons. The molecular formula is C24H22BrN3O5S. The van der Waals surface area contributed by atoms with Crippen LogP contribution in [0, 0.1) is 10.1 Å². The van der Waals surface area contributed by atoms with E-state index in [0.29, 0.717) is 28.3 Å². The molecule has 1 N–H and O–H groups in total. The zero-order valence-electron chi connectivity index (χ0n) is 18.3. The third kappa shape index (κ3) is 7.60. The molecule has 3 aromatic rings. The Bertz CT molecular complexity index is 1160. The second kappa shape index (κ2) is 12.8. The molecule has 176 valence electrons. The first kappa shape index (κ1) is 25.3. The van der Waals surface area contributed by atoms with Crippen LogP contribution in [0.2, 0.25) is 0 Å². The number of non-ortho nitro benzene ring substituents is 1. The van der Waals surface area contributed by atoms with Crippen LogP contribution in [0.25, 0.3) is 0 Å². The summed E-state index contributed by atoms with van der Waals surface area (Å²) >= 11 is 4.90. The van der Waals surface area contributed by atoms with Gasteiger partial charge in [-0.25, -0.2) is 5.43 Å². The van der Waals surface area contributed by atoms with E-state index in [1.54, 1.807) is 25.3 Å². The molecular weight excluding hydrogens is 522 g/mol. The summed E-state index contributed by atoms with van der Waals surface area (Å²) < 4.78 is 12.1. The van der Waals surface area contributed by atoms with Gasteiger partial charge in [0.05, 0.1) is 28.5 Å². The van der Waals surface area contributed by atoms with E-state index in [4.69, 9.17) is 9.47 Å². The summed E-state index contributed by atoms with van der Waals surface area (Å²) in [5.74, 6) is 1.63. The Morgan fingerprint density at radius 1 is 1.15 bits per heavy atom. The first-order valence-electron chi connectivity index (χ1n) is 10.1. The number of carbonyl (C=O) groups is 1. The highest BCUT2D eigenvalue weighted by molar-refractivity contribution is 9.10. The monoisotopic (exact) mass is 543 g/mol. The largest absolute Gasteiger partial charge is 0.493 e. The molecule has 0 fully saturated rings. The van der Waals surface area contributed by atoms with Crippen molar-refractivity contribution in [2.75, 3.05) is 12.9 Å². The molecule has 3 aromatic carbocycles. The lowest BCUT2D eigenvalue weighted by Crippen LogP contribution is -2.19. The van der Waals surface area contributed by atoms with E-state index in [2.05, 4.69) is 26.5 Å². The highest BCUT2D eigenvalue weighted by Crippen LogP contribution is 2.36. The second-order valence-corrected chi connectivity index (χ2v) is 8.86. The quantitative estimate of drug-likeness (QED) is 0.199. The van der Waals surface area contributed by atoms with Gasteiger partial charge in [-0.3, -0.25) is 14.9 Å². The van der Waals surface area contributed by atoms with Crippen molar-refractivity contribution in [2.24, 2.45) is 5.10 Å². The zero-order valence-corrected chi connectivity index (χ0v) is 20.7. The van der Waals surface area contributed by atoms with Crippen LogP contribution in [0.5, 0.6) is 11.5 Å². The normalized spacial score (nSPS) is 10.8. The zero-order chi connectivity index (χ0) is 24.3. The van der Waals surface area contributed by atoms with Crippen LogP contribution in [0.15, 0.2) is 76.3 Å². The summed E-state index contributed by atoms with van der Waals surface area (Å²) in [6.07, 6.45) is 1.52. The highest BCUT2D eigenvalue weighted by atomic mass is 79.9. The van der Waals surface area contributed by atoms with Crippen molar-refractivity contribution < 1.29 is 19.2 Å². The van der Waals surface area contributed by atoms with Crippen molar-refractivity contribution in [3.8, 4) is 11.5 Å². The fourth-order valence-electron chi connectivity index (χ4n) is 2.87. The summed E-state index contributed by atoms with van der Waals surface area (Å²) in [4.78, 5) is 22.3. The molecule has 0 bridgehead atoms. The van der Waals surface area contributed by atoms with Gasteiger partial charge in [0, 0.05) is 17.9 Å². The Balaban J connectivity index is 1.49. The van der Waals surface area contributed by atoms with Gasteiger partial charge in [-0.15, -0.1) is 11.8 Å². The Morgan fingerprint density at radius 2 is 1.88 bits per heavy atom. The minimum absolute atomic E-state index is 0.0416. The van der Waals surface area contributed by atoms with Gasteiger partial charge in [0.1, 0.15) is 6.61 Å². The summed E-state index contributed by atoms with van der Waals surface area (Å²) in [6.45, 7) is 0.400. The van der Waals surface area contributed by atoms with Crippen molar-refractivity contribution >= 4 is 45.5 Å². The molecule has 0 aliphatic heterocycles. The van der Waals surface area contributed by atoms with E-state index < -0.39 is 4.92 Å². The van der Waals surface area contributed by atoms with E-state index in [1.165, 1.54) is 30.1 Å². The van der Waals surface area contributed by atoms with Crippen molar-refractivity contribution in [2.45, 2.75) is 12.4 Å². The minimum Gasteiger partial charge on any atom is -0.493 e. The molecule has 0 saturated heterocycles. The number of hydrogen-bond donors (Lipinski definition) is 1. The van der Waals surface area contributed by atoms with Gasteiger partial charge in [-0.1, -0.05) is 42.5 Å². The Labute approximate surface area is 209 Å². The molecule has 0 aliphatic carbocycles. The van der Waals surface area contributed by atoms with E-state index in [-0.39, 0.29) is 17.3 Å². The molecule has 0 aliphatic rings. The molecule has 8 nitrogen and oxygen atoms in total. The number of hydrogen-bond acceptors (Lipinski definition) is 7. The smallest absolute Gasteiger partial charge is 0.269 e. The molecule has 3 rings (SSSR count). The van der Waals surface area contributed by atoms with Gasteiger partial charge in [0.15, 0.2) is 11.5 Å². The Morgan fingerprint density at radius 3 is 2.56 bits per heavy atom. The van der Waals surface area contributed by atoms with Crippen molar-refractivity contribution in [3.63, 3.8) is 0 Å². The predicted molar refractivity (Wildman–Crippen MR) is 136 cm³/mol. The van der Waals surface area contributed by atoms with Crippen LogP contribution < -0.4 is 14.9 Å². The standard InChI is InChI=1S/C24H22BrN3O5S/c1-32-22-12-19(11-21(25)24(22)33-14-17-5-3-2-4-6-17)13-26-27-23(29)16-34-15-18-7-9-20(10-8-18)28(30)31/h2-13H,14-16H2,1H3,(H,27,29)/b26-13-. The molecule has 0 unspecified atom stereocenters. The summed E-state index contributed by atoms with van der Waals surface area (Å²) in [7, 11) is 1.56. The number of nitrogens with zero attached hydrogens (tertiary/aromatic N) is 2. The van der Waals surface area contributed by atoms with Crippen molar-refractivity contribution in [3.05, 3.63) is 98.0 Å². The number of amides is 1. The van der Waals surface area contributed by atoms with Crippen molar-refractivity contribution in [1.82, 2.24) is 5.43 Å². The van der Waals surface area contributed by atoms with Crippen LogP contribution in [0.1, 0.15) is 16.7 Å². The first-order chi connectivity index (χ1) is 16.5. The van der Waals surface area contributed by atoms with Gasteiger partial charge in [0.2, 0.25) is 5.91 Å². The molecule has 0 aromatic heterocycles. The van der Waals surface area contributed by atoms with Gasteiger partial charge in [0.25, 0.3) is 5.69 Å². The maximum absolute atomic E-state index is 12.0. The average molecular weight is 544 g/mol. The number of nitro benzene ring substituents is 1. The lowest BCUT2D eigenvalue weighted by Gasteiger charge is -2.13. The number of nitro groups is 1. The minimum atomic E-state index is -0.443. The van der Waals surface area contributed by atoms with E-state index in [1.807, 2.05) is 36.4 Å². The maximum Gasteiger partial charge on any atom is 0.269 e. The summed E-state index contributed by atoms with van der Waals surface area (Å²) in [5.41, 5.74) is 5.19. The maximum atomic E-state index is 12.0. The lowest BCUT2D eigenvalue weighted by molar-refractivity contribution is -0.384. The van der Waals surface area contributed by atoms with E-state index in [9.17, 15) is 14.9 Å². The predicted octanol–water partition coefficient (Wildman–Crippen LogP) is 5.33. The lowest BCUT2D eigenvalue weighted by atomic mass is 10.2. The molecule has 0 heterocycles. The molecule has 0 saturated carbocycles. The molecule has 34 heavy (non-hydrogen) atoms. The van der Waals surface area contributed by atoms with Crippen molar-refractivity contribution in [1.29, 1.82) is 0 Å². The van der Waals surface area contributed by atoms with Crippen LogP contribution in [0.3, 0.4) is 0 Å². The third-order valence-electron chi connectivity index (χ3n) is 4.53. The summed E-state index contributed by atoms with van der Waals surface area (Å²) in [6, 6.07) is 19.7. The van der Waals surface area contributed by atoms with Gasteiger partial charge < -0.3 is 9.47 Å². The first-order valence-corrected chi connectivity index (χ1v) is 12.1. The third-order valence-corrected chi connectivity index (χ3v) is 6.12. The molecule has 1 amide bonds. The van der Waals surface area contributed by atoms with Gasteiger partial charge >= 0.3 is 0 Å². The van der Waals surface area contributed by atoms with E-state index >= 15 is 0 Å². The topological polar surface area (TPSA) is 103 Å². The molecule has 10 heteroatoms. The number of halogens is 1. The van der Waals surface area contributed by atoms with E-state index in [0.717, 1.165) is 16.7 Å². The Kier molecular flexibility index (Phi) is 9.48. The number of carbonyl (C=O) groups excluding carboxylic acids is 1. The number of thioether (sulfide) groups is 1. The number of methoxy groups -OCH3 is 1. The molecule has 0 spiro atoms. The number of ether oxygens (including phenoxy) is 2. The highest BCUT2D eigenvalue weighted by Gasteiger charge is 2.12. The van der Waals surface area contributed by atoms with Crippen LogP contribution >= 0.6 is 27.7 Å². The van der Waals surface area contributed by atoms with Crippen LogP contribution in [0.4, 0.5) is 5.69 Å². The Hall–Kier alpha value is -3.37. The number of nitrogens with one attached hydrogen (secondary N) is 1. The fraction of sp³-hybridized carbons (Fsp3) is 0.167. The van der Waals surface area contributed by atoms with Crippen LogP contribution in [-0.4, -0.2) is 29.9 Å². The molecule has 0 atom stereocenters. The number of hydrazone groups is 1. The van der Waals surface area contributed by atoms with Crippen LogP contribution in [-0.2, 0) is 17.2 Å². The fourth-order valence-corrected chi connectivity index (χ4v) is 4.23. The number of rotatable bonds is 11. The SMILES string of the molecule is COc1cc(/C=N\NC(=O)CSCc2ccc([N+](=O)[O-])cc2)cc(Br)c1OCc1ccccc1.